The molecule has 2 N–H and O–H groups in total. The van der Waals surface area contributed by atoms with Crippen LogP contribution < -0.4 is 10.1 Å². The Balaban J connectivity index is 2.58. The zero-order chi connectivity index (χ0) is 14.3. The summed E-state index contributed by atoms with van der Waals surface area (Å²) in [6, 6.07) is 7.67. The highest BCUT2D eigenvalue weighted by atomic mass is 16.5. The first-order chi connectivity index (χ1) is 9.08. The standard InChI is InChI=1S/C15H26N2O2/c1-5-14(16-10-11-17(2)3)15(18)12-6-8-13(19-4)9-7-12/h6-9,14-16,18H,5,10-11H2,1-4H3. The summed E-state index contributed by atoms with van der Waals surface area (Å²) in [6.45, 7) is 3.92. The molecule has 19 heavy (non-hydrogen) atoms. The molecular weight excluding hydrogens is 240 g/mol. The van der Waals surface area contributed by atoms with Crippen molar-refractivity contribution in [2.75, 3.05) is 34.3 Å². The van der Waals surface area contributed by atoms with Gasteiger partial charge >= 0.3 is 0 Å². The molecular formula is C15H26N2O2. The molecule has 1 rings (SSSR count). The molecule has 2 atom stereocenters. The molecule has 1 aromatic carbocycles. The third kappa shape index (κ3) is 5.19. The first-order valence-electron chi connectivity index (χ1n) is 6.78. The second kappa shape index (κ2) is 8.15. The molecule has 0 saturated heterocycles. The van der Waals surface area contributed by atoms with Gasteiger partial charge < -0.3 is 20.1 Å². The Morgan fingerprint density at radius 2 is 1.89 bits per heavy atom. The lowest BCUT2D eigenvalue weighted by atomic mass is 10.00. The topological polar surface area (TPSA) is 44.7 Å². The average Bonchev–Trinajstić information content (AvgIpc) is 2.43. The van der Waals surface area contributed by atoms with E-state index in [0.717, 1.165) is 30.8 Å². The average molecular weight is 266 g/mol. The van der Waals surface area contributed by atoms with Gasteiger partial charge in [0.15, 0.2) is 0 Å². The van der Waals surface area contributed by atoms with Crippen molar-refractivity contribution in [1.82, 2.24) is 10.2 Å². The van der Waals surface area contributed by atoms with E-state index in [0.29, 0.717) is 0 Å². The van der Waals surface area contributed by atoms with E-state index in [1.54, 1.807) is 7.11 Å². The van der Waals surface area contributed by atoms with Crippen LogP contribution in [0.5, 0.6) is 5.75 Å². The van der Waals surface area contributed by atoms with Crippen molar-refractivity contribution in [2.45, 2.75) is 25.5 Å². The molecule has 4 nitrogen and oxygen atoms in total. The second-order valence-electron chi connectivity index (χ2n) is 4.99. The van der Waals surface area contributed by atoms with Gasteiger partial charge in [0.05, 0.1) is 13.2 Å². The summed E-state index contributed by atoms with van der Waals surface area (Å²) in [6.07, 6.45) is 0.402. The second-order valence-corrected chi connectivity index (χ2v) is 4.99. The van der Waals surface area contributed by atoms with Crippen LogP contribution in [-0.2, 0) is 0 Å². The van der Waals surface area contributed by atoms with Crippen LogP contribution in [0.3, 0.4) is 0 Å². The van der Waals surface area contributed by atoms with E-state index in [1.807, 2.05) is 38.4 Å². The van der Waals surface area contributed by atoms with E-state index in [2.05, 4.69) is 17.1 Å². The zero-order valence-electron chi connectivity index (χ0n) is 12.4. The Bertz CT molecular complexity index is 352. The summed E-state index contributed by atoms with van der Waals surface area (Å²) in [5.74, 6) is 0.810. The van der Waals surface area contributed by atoms with Gasteiger partial charge in [0.2, 0.25) is 0 Å². The largest absolute Gasteiger partial charge is 0.497 e. The molecule has 0 aliphatic heterocycles. The molecule has 0 radical (unpaired) electrons. The van der Waals surface area contributed by atoms with Crippen LogP contribution in [0.4, 0.5) is 0 Å². The maximum atomic E-state index is 10.4. The SMILES string of the molecule is CCC(NCCN(C)C)C(O)c1ccc(OC)cc1. The number of hydrogen-bond donors (Lipinski definition) is 2. The van der Waals surface area contributed by atoms with Crippen LogP contribution in [0, 0.1) is 0 Å². The lowest BCUT2D eigenvalue weighted by Gasteiger charge is -2.24. The fourth-order valence-electron chi connectivity index (χ4n) is 1.99. The minimum absolute atomic E-state index is 0.0772. The number of methoxy groups -OCH3 is 1. The van der Waals surface area contributed by atoms with Crippen LogP contribution in [-0.4, -0.2) is 50.3 Å². The number of nitrogens with zero attached hydrogens (tertiary/aromatic N) is 1. The van der Waals surface area contributed by atoms with Crippen LogP contribution in [0.15, 0.2) is 24.3 Å². The van der Waals surface area contributed by atoms with Crippen LogP contribution in [0.1, 0.15) is 25.0 Å². The Morgan fingerprint density at radius 3 is 2.37 bits per heavy atom. The van der Waals surface area contributed by atoms with Gasteiger partial charge in [-0.1, -0.05) is 19.1 Å². The summed E-state index contributed by atoms with van der Waals surface area (Å²) in [5.41, 5.74) is 0.921. The Kier molecular flexibility index (Phi) is 6.84. The van der Waals surface area contributed by atoms with Crippen molar-refractivity contribution in [1.29, 1.82) is 0 Å². The normalized spacial score (nSPS) is 14.4. The van der Waals surface area contributed by atoms with Crippen molar-refractivity contribution in [3.05, 3.63) is 29.8 Å². The number of hydrogen-bond acceptors (Lipinski definition) is 4. The van der Waals surface area contributed by atoms with Gasteiger partial charge in [0.25, 0.3) is 0 Å². The van der Waals surface area contributed by atoms with Gasteiger partial charge in [-0.3, -0.25) is 0 Å². The number of nitrogens with one attached hydrogen (secondary N) is 1. The third-order valence-electron chi connectivity index (χ3n) is 3.24. The molecule has 1 aromatic rings. The van der Waals surface area contributed by atoms with Gasteiger partial charge in [-0.15, -0.1) is 0 Å². The molecule has 0 bridgehead atoms. The number of likely N-dealkylation sites (N-methyl/N-ethyl adjacent to an activating group) is 1. The van der Waals surface area contributed by atoms with Crippen molar-refractivity contribution >= 4 is 0 Å². The zero-order valence-corrected chi connectivity index (χ0v) is 12.4. The lowest BCUT2D eigenvalue weighted by molar-refractivity contribution is 0.125. The molecule has 0 heterocycles. The number of aliphatic hydroxyl groups excluding tert-OH is 1. The molecule has 108 valence electrons. The van der Waals surface area contributed by atoms with E-state index in [-0.39, 0.29) is 6.04 Å². The monoisotopic (exact) mass is 266 g/mol. The quantitative estimate of drug-likeness (QED) is 0.751. The van der Waals surface area contributed by atoms with E-state index in [4.69, 9.17) is 4.74 Å². The summed E-state index contributed by atoms with van der Waals surface area (Å²) in [7, 11) is 5.73. The highest BCUT2D eigenvalue weighted by Crippen LogP contribution is 2.21. The number of rotatable bonds is 8. The molecule has 0 aromatic heterocycles. The molecule has 0 amide bonds. The molecule has 0 fully saturated rings. The van der Waals surface area contributed by atoms with Gasteiger partial charge in [0, 0.05) is 19.1 Å². The summed E-state index contributed by atoms with van der Waals surface area (Å²) in [5, 5.41) is 13.8. The fraction of sp³-hybridized carbons (Fsp3) is 0.600. The van der Waals surface area contributed by atoms with E-state index in [9.17, 15) is 5.11 Å². The smallest absolute Gasteiger partial charge is 0.118 e. The molecule has 4 heteroatoms. The highest BCUT2D eigenvalue weighted by Gasteiger charge is 2.18. The molecule has 0 spiro atoms. The maximum Gasteiger partial charge on any atom is 0.118 e. The Labute approximate surface area is 116 Å². The van der Waals surface area contributed by atoms with Gasteiger partial charge in [-0.2, -0.15) is 0 Å². The maximum absolute atomic E-state index is 10.4. The van der Waals surface area contributed by atoms with Crippen molar-refractivity contribution in [2.24, 2.45) is 0 Å². The van der Waals surface area contributed by atoms with Crippen molar-refractivity contribution in [3.63, 3.8) is 0 Å². The van der Waals surface area contributed by atoms with Crippen molar-refractivity contribution < 1.29 is 9.84 Å². The molecule has 0 aliphatic rings. The van der Waals surface area contributed by atoms with Gasteiger partial charge in [0.1, 0.15) is 5.75 Å². The first-order valence-corrected chi connectivity index (χ1v) is 6.78. The fourth-order valence-corrected chi connectivity index (χ4v) is 1.99. The number of benzene rings is 1. The third-order valence-corrected chi connectivity index (χ3v) is 3.24. The molecule has 2 unspecified atom stereocenters. The first kappa shape index (κ1) is 16.0. The molecule has 0 aliphatic carbocycles. The Morgan fingerprint density at radius 1 is 1.26 bits per heavy atom. The summed E-state index contributed by atoms with van der Waals surface area (Å²) >= 11 is 0. The predicted octanol–water partition coefficient (Wildman–Crippen LogP) is 1.66. The van der Waals surface area contributed by atoms with Crippen LogP contribution in [0.25, 0.3) is 0 Å². The highest BCUT2D eigenvalue weighted by molar-refractivity contribution is 5.29. The summed E-state index contributed by atoms with van der Waals surface area (Å²) in [4.78, 5) is 2.12. The Hall–Kier alpha value is -1.10. The van der Waals surface area contributed by atoms with Gasteiger partial charge in [-0.25, -0.2) is 0 Å². The van der Waals surface area contributed by atoms with Gasteiger partial charge in [-0.05, 0) is 38.2 Å². The van der Waals surface area contributed by atoms with Crippen LogP contribution >= 0.6 is 0 Å². The molecule has 0 saturated carbocycles. The summed E-state index contributed by atoms with van der Waals surface area (Å²) < 4.78 is 5.12. The number of aliphatic hydroxyl groups is 1. The minimum Gasteiger partial charge on any atom is -0.497 e. The minimum atomic E-state index is -0.488. The number of ether oxygens (including phenoxy) is 1. The van der Waals surface area contributed by atoms with E-state index < -0.39 is 6.10 Å². The predicted molar refractivity (Wildman–Crippen MR) is 78.6 cm³/mol. The van der Waals surface area contributed by atoms with Crippen molar-refractivity contribution in [3.8, 4) is 5.75 Å². The van der Waals surface area contributed by atoms with E-state index >= 15 is 0 Å². The lowest BCUT2D eigenvalue weighted by Crippen LogP contribution is -2.38. The van der Waals surface area contributed by atoms with Crippen LogP contribution in [0.2, 0.25) is 0 Å². The van der Waals surface area contributed by atoms with E-state index in [1.165, 1.54) is 0 Å².